The molecule has 1 unspecified atom stereocenters. The number of hydrogen-bond donors (Lipinski definition) is 0. The van der Waals surface area contributed by atoms with Crippen molar-refractivity contribution < 1.29 is 4.79 Å². The lowest BCUT2D eigenvalue weighted by molar-refractivity contribution is -0.123. The van der Waals surface area contributed by atoms with Crippen molar-refractivity contribution in [1.82, 2.24) is 0 Å². The second kappa shape index (κ2) is 11.1. The van der Waals surface area contributed by atoms with Gasteiger partial charge in [0.15, 0.2) is 0 Å². The SMILES string of the molecule is C#CC(=O)C(C)(CCCCCC)CCCCCCC. The van der Waals surface area contributed by atoms with Gasteiger partial charge in [0.05, 0.1) is 0 Å². The molecule has 0 spiro atoms. The fraction of sp³-hybridized carbons (Fsp3) is 0.833. The van der Waals surface area contributed by atoms with Gasteiger partial charge in [0.2, 0.25) is 5.78 Å². The van der Waals surface area contributed by atoms with E-state index in [1.165, 1.54) is 44.9 Å². The second-order valence-corrected chi connectivity index (χ2v) is 6.01. The summed E-state index contributed by atoms with van der Waals surface area (Å²) >= 11 is 0. The summed E-state index contributed by atoms with van der Waals surface area (Å²) in [4.78, 5) is 12.0. The molecule has 0 aliphatic heterocycles. The quantitative estimate of drug-likeness (QED) is 0.257. The summed E-state index contributed by atoms with van der Waals surface area (Å²) in [5.74, 6) is 2.37. The molecule has 1 heteroatoms. The van der Waals surface area contributed by atoms with Crippen LogP contribution in [-0.4, -0.2) is 5.78 Å². The third-order valence-electron chi connectivity index (χ3n) is 4.09. The summed E-state index contributed by atoms with van der Waals surface area (Å²) in [6.07, 6.45) is 18.3. The zero-order valence-corrected chi connectivity index (χ0v) is 13.3. The average Bonchev–Trinajstić information content (AvgIpc) is 2.42. The number of carbonyl (C=O) groups is 1. The third kappa shape index (κ3) is 8.09. The van der Waals surface area contributed by atoms with Crippen molar-refractivity contribution in [2.75, 3.05) is 0 Å². The van der Waals surface area contributed by atoms with Crippen molar-refractivity contribution in [1.29, 1.82) is 0 Å². The van der Waals surface area contributed by atoms with Crippen molar-refractivity contribution in [3.8, 4) is 12.3 Å². The van der Waals surface area contributed by atoms with Gasteiger partial charge in [0.1, 0.15) is 0 Å². The Hall–Kier alpha value is -0.770. The van der Waals surface area contributed by atoms with E-state index in [2.05, 4.69) is 26.7 Å². The van der Waals surface area contributed by atoms with Crippen LogP contribution in [0.4, 0.5) is 0 Å². The minimum atomic E-state index is -0.269. The van der Waals surface area contributed by atoms with Gasteiger partial charge in [0.25, 0.3) is 0 Å². The number of Topliss-reactive ketones (excluding diaryl/α,β-unsaturated/α-hetero) is 1. The third-order valence-corrected chi connectivity index (χ3v) is 4.09. The minimum Gasteiger partial charge on any atom is -0.284 e. The van der Waals surface area contributed by atoms with Crippen LogP contribution in [0.25, 0.3) is 0 Å². The predicted molar refractivity (Wildman–Crippen MR) is 84.1 cm³/mol. The summed E-state index contributed by atoms with van der Waals surface area (Å²) in [6, 6.07) is 0. The number of carbonyl (C=O) groups excluding carboxylic acids is 1. The lowest BCUT2D eigenvalue weighted by Crippen LogP contribution is -2.26. The van der Waals surface area contributed by atoms with Gasteiger partial charge in [-0.15, -0.1) is 6.42 Å². The molecule has 0 fully saturated rings. The fourth-order valence-electron chi connectivity index (χ4n) is 2.59. The Morgan fingerprint density at radius 3 is 1.74 bits per heavy atom. The second-order valence-electron chi connectivity index (χ2n) is 6.01. The molecular formula is C18H32O. The van der Waals surface area contributed by atoms with Crippen LogP contribution < -0.4 is 0 Å². The van der Waals surface area contributed by atoms with E-state index in [4.69, 9.17) is 6.42 Å². The molecule has 0 aliphatic rings. The molecule has 0 saturated heterocycles. The topological polar surface area (TPSA) is 17.1 Å². The van der Waals surface area contributed by atoms with Gasteiger partial charge in [-0.25, -0.2) is 0 Å². The molecular weight excluding hydrogens is 232 g/mol. The highest BCUT2D eigenvalue weighted by molar-refractivity contribution is 5.99. The van der Waals surface area contributed by atoms with Crippen molar-refractivity contribution in [2.45, 2.75) is 91.4 Å². The number of unbranched alkanes of at least 4 members (excludes halogenated alkanes) is 7. The molecule has 0 N–H and O–H groups in total. The summed E-state index contributed by atoms with van der Waals surface area (Å²) in [5, 5.41) is 0. The molecule has 0 aliphatic carbocycles. The van der Waals surface area contributed by atoms with Crippen LogP contribution in [-0.2, 0) is 4.79 Å². The molecule has 19 heavy (non-hydrogen) atoms. The fourth-order valence-corrected chi connectivity index (χ4v) is 2.59. The summed E-state index contributed by atoms with van der Waals surface area (Å²) in [6.45, 7) is 6.50. The molecule has 0 bridgehead atoms. The Bertz CT molecular complexity index is 274. The summed E-state index contributed by atoms with van der Waals surface area (Å²) in [5.41, 5.74) is -0.269. The van der Waals surface area contributed by atoms with Gasteiger partial charge in [-0.2, -0.15) is 0 Å². The van der Waals surface area contributed by atoms with Crippen molar-refractivity contribution in [3.63, 3.8) is 0 Å². The average molecular weight is 264 g/mol. The molecule has 0 aromatic rings. The maximum absolute atomic E-state index is 12.0. The van der Waals surface area contributed by atoms with Crippen molar-refractivity contribution in [2.24, 2.45) is 5.41 Å². The molecule has 0 amide bonds. The van der Waals surface area contributed by atoms with Gasteiger partial charge >= 0.3 is 0 Å². The van der Waals surface area contributed by atoms with Gasteiger partial charge in [0, 0.05) is 5.41 Å². The lowest BCUT2D eigenvalue weighted by Gasteiger charge is -2.26. The van der Waals surface area contributed by atoms with Crippen LogP contribution in [0.1, 0.15) is 91.4 Å². The van der Waals surface area contributed by atoms with Crippen LogP contribution in [0.15, 0.2) is 0 Å². The number of terminal acetylenes is 1. The Kier molecular flexibility index (Phi) is 10.6. The van der Waals surface area contributed by atoms with Crippen molar-refractivity contribution >= 4 is 5.78 Å². The van der Waals surface area contributed by atoms with Crippen LogP contribution in [0.5, 0.6) is 0 Å². The molecule has 110 valence electrons. The first-order valence-electron chi connectivity index (χ1n) is 8.11. The highest BCUT2D eigenvalue weighted by Crippen LogP contribution is 2.32. The van der Waals surface area contributed by atoms with E-state index in [1.54, 1.807) is 0 Å². The zero-order chi connectivity index (χ0) is 14.6. The van der Waals surface area contributed by atoms with Crippen LogP contribution in [0, 0.1) is 17.8 Å². The first kappa shape index (κ1) is 18.2. The Morgan fingerprint density at radius 2 is 1.32 bits per heavy atom. The van der Waals surface area contributed by atoms with E-state index >= 15 is 0 Å². The van der Waals surface area contributed by atoms with E-state index in [1.807, 2.05) is 0 Å². The molecule has 0 aromatic carbocycles. The Labute approximate surface area is 120 Å². The van der Waals surface area contributed by atoms with E-state index in [0.29, 0.717) is 0 Å². The number of rotatable bonds is 12. The Morgan fingerprint density at radius 1 is 0.895 bits per heavy atom. The standard InChI is InChI=1S/C18H32O/c1-5-8-10-12-14-16-18(4,17(19)7-3)15-13-11-9-6-2/h3H,5-6,8-16H2,1-2,4H3. The summed E-state index contributed by atoms with van der Waals surface area (Å²) in [7, 11) is 0. The van der Waals surface area contributed by atoms with Gasteiger partial charge in [-0.05, 0) is 18.8 Å². The largest absolute Gasteiger partial charge is 0.284 e. The molecule has 1 nitrogen and oxygen atoms in total. The number of hydrogen-bond acceptors (Lipinski definition) is 1. The van der Waals surface area contributed by atoms with Crippen LogP contribution in [0.2, 0.25) is 0 Å². The van der Waals surface area contributed by atoms with Crippen molar-refractivity contribution in [3.05, 3.63) is 0 Å². The first-order chi connectivity index (χ1) is 9.10. The van der Waals surface area contributed by atoms with Gasteiger partial charge in [-0.3, -0.25) is 4.79 Å². The van der Waals surface area contributed by atoms with Gasteiger partial charge < -0.3 is 0 Å². The van der Waals surface area contributed by atoms with E-state index < -0.39 is 0 Å². The molecule has 0 radical (unpaired) electrons. The normalized spacial score (nSPS) is 13.8. The summed E-state index contributed by atoms with van der Waals surface area (Å²) < 4.78 is 0. The number of ketones is 1. The minimum absolute atomic E-state index is 0.0134. The highest BCUT2D eigenvalue weighted by Gasteiger charge is 2.30. The highest BCUT2D eigenvalue weighted by atomic mass is 16.1. The van der Waals surface area contributed by atoms with Crippen LogP contribution in [0.3, 0.4) is 0 Å². The molecule has 0 saturated carbocycles. The smallest absolute Gasteiger partial charge is 0.211 e. The first-order valence-corrected chi connectivity index (χ1v) is 8.11. The monoisotopic (exact) mass is 264 g/mol. The maximum Gasteiger partial charge on any atom is 0.211 e. The Balaban J connectivity index is 4.12. The zero-order valence-electron chi connectivity index (χ0n) is 13.3. The van der Waals surface area contributed by atoms with E-state index in [-0.39, 0.29) is 11.2 Å². The lowest BCUT2D eigenvalue weighted by atomic mass is 9.76. The van der Waals surface area contributed by atoms with Crippen LogP contribution >= 0.6 is 0 Å². The predicted octanol–water partition coefficient (Wildman–Crippen LogP) is 5.53. The van der Waals surface area contributed by atoms with Gasteiger partial charge in [-0.1, -0.05) is 78.6 Å². The molecule has 0 rings (SSSR count). The maximum atomic E-state index is 12.0. The molecule has 1 atom stereocenters. The van der Waals surface area contributed by atoms with E-state index in [0.717, 1.165) is 25.7 Å². The molecule has 0 aromatic heterocycles. The molecule has 0 heterocycles. The van der Waals surface area contributed by atoms with E-state index in [9.17, 15) is 4.79 Å².